The smallest absolute Gasteiger partial charge is 0.278 e. The van der Waals surface area contributed by atoms with Crippen LogP contribution in [-0.2, 0) is 10.0 Å². The van der Waals surface area contributed by atoms with Crippen molar-refractivity contribution in [3.63, 3.8) is 0 Å². The Morgan fingerprint density at radius 3 is 2.72 bits per heavy atom. The highest BCUT2D eigenvalue weighted by Crippen LogP contribution is 2.21. The number of carbonyl (C=O) groups is 1. The minimum absolute atomic E-state index is 0.106. The molecule has 1 atom stereocenters. The third-order valence-corrected chi connectivity index (χ3v) is 5.87. The Morgan fingerprint density at radius 1 is 1.31 bits per heavy atom. The van der Waals surface area contributed by atoms with Gasteiger partial charge in [-0.3, -0.25) is 9.59 Å². The van der Waals surface area contributed by atoms with Crippen molar-refractivity contribution in [2.24, 2.45) is 0 Å². The van der Waals surface area contributed by atoms with E-state index in [0.717, 1.165) is 19.1 Å². The highest BCUT2D eigenvalue weighted by Gasteiger charge is 2.30. The Kier molecular flexibility index (Phi) is 6.40. The number of nitrogens with one attached hydrogen (secondary N) is 1. The van der Waals surface area contributed by atoms with Gasteiger partial charge in [0.1, 0.15) is 0 Å². The molecule has 2 aromatic rings. The van der Waals surface area contributed by atoms with Gasteiger partial charge in [0.15, 0.2) is 5.69 Å². The number of halogens is 1. The van der Waals surface area contributed by atoms with Gasteiger partial charge in [0.2, 0.25) is 15.5 Å². The van der Waals surface area contributed by atoms with Crippen LogP contribution in [0.25, 0.3) is 5.69 Å². The van der Waals surface area contributed by atoms with Crippen molar-refractivity contribution >= 4 is 27.5 Å². The molecule has 1 aromatic heterocycles. The van der Waals surface area contributed by atoms with Gasteiger partial charge >= 0.3 is 0 Å². The van der Waals surface area contributed by atoms with Crippen LogP contribution < -0.4 is 10.2 Å². The van der Waals surface area contributed by atoms with Crippen molar-refractivity contribution in [2.45, 2.75) is 32.2 Å². The molecule has 1 saturated heterocycles. The van der Waals surface area contributed by atoms with E-state index in [1.165, 1.54) is 15.6 Å². The molecule has 1 aliphatic rings. The van der Waals surface area contributed by atoms with Gasteiger partial charge < -0.3 is 4.90 Å². The predicted octanol–water partition coefficient (Wildman–Crippen LogP) is 1.74. The van der Waals surface area contributed by atoms with Crippen molar-refractivity contribution in [1.82, 2.24) is 19.4 Å². The largest absolute Gasteiger partial charge is 0.333 e. The average molecular weight is 439 g/mol. The summed E-state index contributed by atoms with van der Waals surface area (Å²) in [4.78, 5) is 27.3. The number of nitrogens with zero attached hydrogens (tertiary/aromatic N) is 3. The number of sulfonamides is 1. The van der Waals surface area contributed by atoms with Crippen LogP contribution in [0, 0.1) is 6.92 Å². The number of rotatable bonds is 5. The summed E-state index contributed by atoms with van der Waals surface area (Å²) in [7, 11) is -3.38. The molecule has 0 saturated carbocycles. The quantitative estimate of drug-likeness (QED) is 0.766. The first kappa shape index (κ1) is 21.5. The van der Waals surface area contributed by atoms with Crippen LogP contribution in [0.15, 0.2) is 35.1 Å². The minimum atomic E-state index is -3.38. The maximum absolute atomic E-state index is 13.2. The molecule has 0 radical (unpaired) electrons. The third-order valence-electron chi connectivity index (χ3n) is 4.86. The van der Waals surface area contributed by atoms with E-state index in [2.05, 4.69) is 9.82 Å². The molecule has 1 fully saturated rings. The normalized spacial score (nSPS) is 17.3. The molecule has 1 aliphatic heterocycles. The standard InChI is InChI=1S/C19H23ClN4O4S/c1-13-11-17(25)18(22-24(13)16-9-4-3-8-15(16)20)19(26)23-10-6-5-7-14(23)12-21-29(2,27)28/h3-4,8-9,11,14,21H,5-7,10,12H2,1-2H3. The van der Waals surface area contributed by atoms with Crippen molar-refractivity contribution in [3.05, 3.63) is 57.0 Å². The summed E-state index contributed by atoms with van der Waals surface area (Å²) in [6, 6.07) is 8.05. The van der Waals surface area contributed by atoms with Crippen molar-refractivity contribution in [2.75, 3.05) is 19.3 Å². The van der Waals surface area contributed by atoms with E-state index < -0.39 is 21.4 Å². The van der Waals surface area contributed by atoms with Crippen molar-refractivity contribution in [3.8, 4) is 5.69 Å². The summed E-state index contributed by atoms with van der Waals surface area (Å²) in [5, 5.41) is 4.75. The lowest BCUT2D eigenvalue weighted by Crippen LogP contribution is -2.50. The Bertz CT molecular complexity index is 1080. The molecule has 0 bridgehead atoms. The lowest BCUT2D eigenvalue weighted by atomic mass is 10.0. The number of amides is 1. The Hall–Kier alpha value is -2.23. The molecule has 29 heavy (non-hydrogen) atoms. The van der Waals surface area contributed by atoms with E-state index >= 15 is 0 Å². The summed E-state index contributed by atoms with van der Waals surface area (Å²) < 4.78 is 26.8. The number of hydrogen-bond acceptors (Lipinski definition) is 5. The summed E-state index contributed by atoms with van der Waals surface area (Å²) in [5.41, 5.74) is 0.432. The van der Waals surface area contributed by atoms with Crippen molar-refractivity contribution < 1.29 is 13.2 Å². The zero-order valence-electron chi connectivity index (χ0n) is 16.3. The maximum atomic E-state index is 13.2. The number of benzene rings is 1. The Morgan fingerprint density at radius 2 is 2.03 bits per heavy atom. The molecule has 0 spiro atoms. The van der Waals surface area contributed by atoms with Crippen LogP contribution in [0.2, 0.25) is 5.02 Å². The molecule has 1 unspecified atom stereocenters. The van der Waals surface area contributed by atoms with E-state index in [1.54, 1.807) is 31.2 Å². The van der Waals surface area contributed by atoms with E-state index in [-0.39, 0.29) is 18.3 Å². The molecule has 3 rings (SSSR count). The summed E-state index contributed by atoms with van der Waals surface area (Å²) in [6.45, 7) is 2.26. The summed E-state index contributed by atoms with van der Waals surface area (Å²) >= 11 is 6.26. The first-order chi connectivity index (χ1) is 13.7. The molecule has 1 aromatic carbocycles. The van der Waals surface area contributed by atoms with Gasteiger partial charge in [0, 0.05) is 30.9 Å². The predicted molar refractivity (Wildman–Crippen MR) is 111 cm³/mol. The number of aryl methyl sites for hydroxylation is 1. The van der Waals surface area contributed by atoms with Gasteiger partial charge in [-0.1, -0.05) is 23.7 Å². The summed E-state index contributed by atoms with van der Waals surface area (Å²) in [5.74, 6) is -0.504. The average Bonchev–Trinajstić information content (AvgIpc) is 2.66. The number of likely N-dealkylation sites (tertiary alicyclic amines) is 1. The molecule has 1 N–H and O–H groups in total. The number of carbonyl (C=O) groups excluding carboxylic acids is 1. The van der Waals surface area contributed by atoms with Crippen LogP contribution in [-0.4, -0.2) is 54.4 Å². The van der Waals surface area contributed by atoms with Gasteiger partial charge in [-0.2, -0.15) is 5.10 Å². The van der Waals surface area contributed by atoms with E-state index in [4.69, 9.17) is 11.6 Å². The molecule has 156 valence electrons. The van der Waals surface area contributed by atoms with Gasteiger partial charge in [-0.25, -0.2) is 17.8 Å². The van der Waals surface area contributed by atoms with Gasteiger partial charge in [-0.05, 0) is 38.3 Å². The number of para-hydroxylation sites is 1. The minimum Gasteiger partial charge on any atom is -0.333 e. The second-order valence-electron chi connectivity index (χ2n) is 7.13. The van der Waals surface area contributed by atoms with Crippen LogP contribution >= 0.6 is 11.6 Å². The zero-order chi connectivity index (χ0) is 21.2. The SMILES string of the molecule is Cc1cc(=O)c(C(=O)N2CCCCC2CNS(C)(=O)=O)nn1-c1ccccc1Cl. The maximum Gasteiger partial charge on any atom is 0.278 e. The zero-order valence-corrected chi connectivity index (χ0v) is 17.8. The van der Waals surface area contributed by atoms with Crippen LogP contribution in [0.3, 0.4) is 0 Å². The van der Waals surface area contributed by atoms with Crippen LogP contribution in [0.5, 0.6) is 0 Å². The Labute approximate surface area is 174 Å². The first-order valence-corrected chi connectivity index (χ1v) is 11.6. The summed E-state index contributed by atoms with van der Waals surface area (Å²) in [6.07, 6.45) is 3.39. The molecular formula is C19H23ClN4O4S. The third kappa shape index (κ3) is 5.04. The van der Waals surface area contributed by atoms with E-state index in [1.807, 2.05) is 0 Å². The molecule has 1 amide bonds. The lowest BCUT2D eigenvalue weighted by molar-refractivity contribution is 0.0609. The first-order valence-electron chi connectivity index (χ1n) is 9.29. The number of aromatic nitrogens is 2. The van der Waals surface area contributed by atoms with Crippen LogP contribution in [0.4, 0.5) is 0 Å². The number of piperidine rings is 1. The Balaban J connectivity index is 1.96. The molecule has 2 heterocycles. The molecular weight excluding hydrogens is 416 g/mol. The second kappa shape index (κ2) is 8.64. The van der Waals surface area contributed by atoms with Gasteiger partial charge in [0.25, 0.3) is 5.91 Å². The molecule has 0 aliphatic carbocycles. The monoisotopic (exact) mass is 438 g/mol. The number of hydrogen-bond donors (Lipinski definition) is 1. The lowest BCUT2D eigenvalue weighted by Gasteiger charge is -2.35. The fraction of sp³-hybridized carbons (Fsp3) is 0.421. The fourth-order valence-electron chi connectivity index (χ4n) is 3.43. The highest BCUT2D eigenvalue weighted by molar-refractivity contribution is 7.88. The molecule has 10 heteroatoms. The van der Waals surface area contributed by atoms with E-state index in [9.17, 15) is 18.0 Å². The fourth-order valence-corrected chi connectivity index (χ4v) is 4.14. The topological polar surface area (TPSA) is 101 Å². The van der Waals surface area contributed by atoms with Gasteiger partial charge in [0.05, 0.1) is 17.0 Å². The van der Waals surface area contributed by atoms with E-state index in [0.29, 0.717) is 29.4 Å². The molecule has 8 nitrogen and oxygen atoms in total. The van der Waals surface area contributed by atoms with Gasteiger partial charge in [-0.15, -0.1) is 0 Å². The van der Waals surface area contributed by atoms with Crippen LogP contribution in [0.1, 0.15) is 35.4 Å². The van der Waals surface area contributed by atoms with Crippen molar-refractivity contribution in [1.29, 1.82) is 0 Å². The second-order valence-corrected chi connectivity index (χ2v) is 9.37. The highest BCUT2D eigenvalue weighted by atomic mass is 35.5.